The van der Waals surface area contributed by atoms with Crippen LogP contribution >= 0.6 is 0 Å². The molecule has 0 radical (unpaired) electrons. The SMILES string of the molecule is NC1CCCCC1C(=O)C1CCCCC1. The molecular formula is C13H23NO. The molecule has 2 atom stereocenters. The minimum absolute atomic E-state index is 0.160. The first-order valence-corrected chi connectivity index (χ1v) is 6.58. The van der Waals surface area contributed by atoms with Crippen molar-refractivity contribution in [3.8, 4) is 0 Å². The van der Waals surface area contributed by atoms with Crippen molar-refractivity contribution in [2.75, 3.05) is 0 Å². The fraction of sp³-hybridized carbons (Fsp3) is 0.923. The molecule has 15 heavy (non-hydrogen) atoms. The van der Waals surface area contributed by atoms with E-state index in [2.05, 4.69) is 0 Å². The third-order valence-electron chi connectivity index (χ3n) is 4.19. The van der Waals surface area contributed by atoms with Crippen LogP contribution in [0.5, 0.6) is 0 Å². The van der Waals surface area contributed by atoms with Crippen LogP contribution in [0.15, 0.2) is 0 Å². The molecule has 0 aliphatic heterocycles. The topological polar surface area (TPSA) is 43.1 Å². The van der Waals surface area contributed by atoms with Gasteiger partial charge in [-0.2, -0.15) is 0 Å². The Bertz CT molecular complexity index is 221. The fourth-order valence-corrected chi connectivity index (χ4v) is 3.20. The highest BCUT2D eigenvalue weighted by Gasteiger charge is 2.33. The van der Waals surface area contributed by atoms with Crippen molar-refractivity contribution in [2.24, 2.45) is 17.6 Å². The molecule has 0 aromatic rings. The van der Waals surface area contributed by atoms with Crippen molar-refractivity contribution < 1.29 is 4.79 Å². The second-order valence-electron chi connectivity index (χ2n) is 5.29. The van der Waals surface area contributed by atoms with Gasteiger partial charge in [0, 0.05) is 17.9 Å². The summed E-state index contributed by atoms with van der Waals surface area (Å²) in [5.41, 5.74) is 6.07. The Balaban J connectivity index is 1.92. The Morgan fingerprint density at radius 2 is 1.47 bits per heavy atom. The highest BCUT2D eigenvalue weighted by molar-refractivity contribution is 5.84. The lowest BCUT2D eigenvalue weighted by atomic mass is 9.74. The molecule has 2 nitrogen and oxygen atoms in total. The van der Waals surface area contributed by atoms with Gasteiger partial charge < -0.3 is 5.73 Å². The van der Waals surface area contributed by atoms with Crippen LogP contribution < -0.4 is 5.73 Å². The molecule has 0 bridgehead atoms. The predicted molar refractivity (Wildman–Crippen MR) is 61.5 cm³/mol. The summed E-state index contributed by atoms with van der Waals surface area (Å²) in [7, 11) is 0. The van der Waals surface area contributed by atoms with Crippen LogP contribution in [-0.2, 0) is 4.79 Å². The summed E-state index contributed by atoms with van der Waals surface area (Å²) in [5, 5.41) is 0. The third kappa shape index (κ3) is 2.60. The standard InChI is InChI=1S/C13H23NO/c14-12-9-5-4-8-11(12)13(15)10-6-2-1-3-7-10/h10-12H,1-9,14H2. The smallest absolute Gasteiger partial charge is 0.140 e. The van der Waals surface area contributed by atoms with Gasteiger partial charge in [0.25, 0.3) is 0 Å². The number of hydrogen-bond donors (Lipinski definition) is 1. The molecular weight excluding hydrogens is 186 g/mol. The zero-order valence-corrected chi connectivity index (χ0v) is 9.58. The van der Waals surface area contributed by atoms with E-state index in [1.54, 1.807) is 0 Å². The Labute approximate surface area is 92.6 Å². The molecule has 0 aromatic carbocycles. The van der Waals surface area contributed by atoms with Gasteiger partial charge in [-0.3, -0.25) is 4.79 Å². The first-order chi connectivity index (χ1) is 7.29. The number of rotatable bonds is 2. The van der Waals surface area contributed by atoms with Crippen LogP contribution in [0, 0.1) is 11.8 Å². The molecule has 2 aliphatic rings. The van der Waals surface area contributed by atoms with E-state index in [-0.39, 0.29) is 12.0 Å². The van der Waals surface area contributed by atoms with Crippen molar-refractivity contribution in [2.45, 2.75) is 63.8 Å². The minimum atomic E-state index is 0.160. The van der Waals surface area contributed by atoms with Gasteiger partial charge in [-0.15, -0.1) is 0 Å². The number of Topliss-reactive ketones (excluding diaryl/α,β-unsaturated/α-hetero) is 1. The maximum atomic E-state index is 12.3. The normalized spacial score (nSPS) is 33.9. The predicted octanol–water partition coefficient (Wildman–Crippen LogP) is 2.65. The molecule has 2 saturated carbocycles. The summed E-state index contributed by atoms with van der Waals surface area (Å²) in [6.07, 6.45) is 10.6. The van der Waals surface area contributed by atoms with Gasteiger partial charge in [0.15, 0.2) is 0 Å². The Morgan fingerprint density at radius 1 is 0.867 bits per heavy atom. The van der Waals surface area contributed by atoms with Crippen LogP contribution in [0.4, 0.5) is 0 Å². The van der Waals surface area contributed by atoms with Crippen molar-refractivity contribution in [3.05, 3.63) is 0 Å². The fourth-order valence-electron chi connectivity index (χ4n) is 3.20. The lowest BCUT2D eigenvalue weighted by Crippen LogP contribution is -2.41. The molecule has 2 aliphatic carbocycles. The van der Waals surface area contributed by atoms with E-state index in [1.807, 2.05) is 0 Å². The van der Waals surface area contributed by atoms with Gasteiger partial charge >= 0.3 is 0 Å². The van der Waals surface area contributed by atoms with Gasteiger partial charge in [0.05, 0.1) is 0 Å². The average Bonchev–Trinajstić information content (AvgIpc) is 2.30. The molecule has 2 N–H and O–H groups in total. The summed E-state index contributed by atoms with van der Waals surface area (Å²) < 4.78 is 0. The van der Waals surface area contributed by atoms with Crippen LogP contribution in [0.1, 0.15) is 57.8 Å². The summed E-state index contributed by atoms with van der Waals surface area (Å²) >= 11 is 0. The minimum Gasteiger partial charge on any atom is -0.327 e. The maximum absolute atomic E-state index is 12.3. The van der Waals surface area contributed by atoms with Crippen LogP contribution in [0.25, 0.3) is 0 Å². The van der Waals surface area contributed by atoms with E-state index >= 15 is 0 Å². The summed E-state index contributed by atoms with van der Waals surface area (Å²) in [6, 6.07) is 0.160. The largest absolute Gasteiger partial charge is 0.327 e. The van der Waals surface area contributed by atoms with E-state index in [0.717, 1.165) is 25.7 Å². The lowest BCUT2D eigenvalue weighted by Gasteiger charge is -2.31. The molecule has 2 rings (SSSR count). The van der Waals surface area contributed by atoms with Crippen LogP contribution in [0.2, 0.25) is 0 Å². The van der Waals surface area contributed by atoms with Crippen LogP contribution in [0.3, 0.4) is 0 Å². The van der Waals surface area contributed by atoms with Gasteiger partial charge in [-0.25, -0.2) is 0 Å². The van der Waals surface area contributed by atoms with Crippen molar-refractivity contribution in [1.82, 2.24) is 0 Å². The average molecular weight is 209 g/mol. The van der Waals surface area contributed by atoms with E-state index < -0.39 is 0 Å². The zero-order valence-electron chi connectivity index (χ0n) is 9.58. The second-order valence-corrected chi connectivity index (χ2v) is 5.29. The Morgan fingerprint density at radius 3 is 2.13 bits per heavy atom. The van der Waals surface area contributed by atoms with E-state index in [9.17, 15) is 4.79 Å². The Hall–Kier alpha value is -0.370. The maximum Gasteiger partial charge on any atom is 0.140 e. The monoisotopic (exact) mass is 209 g/mol. The number of carbonyl (C=O) groups excluding carboxylic acids is 1. The first kappa shape index (κ1) is 11.1. The van der Waals surface area contributed by atoms with Gasteiger partial charge in [0.1, 0.15) is 5.78 Å². The second kappa shape index (κ2) is 5.11. The number of carbonyl (C=O) groups is 1. The van der Waals surface area contributed by atoms with E-state index in [4.69, 9.17) is 5.73 Å². The lowest BCUT2D eigenvalue weighted by molar-refractivity contribution is -0.129. The Kier molecular flexibility index (Phi) is 3.79. The van der Waals surface area contributed by atoms with Gasteiger partial charge in [-0.1, -0.05) is 32.1 Å². The molecule has 0 saturated heterocycles. The number of ketones is 1. The van der Waals surface area contributed by atoms with Crippen LogP contribution in [-0.4, -0.2) is 11.8 Å². The van der Waals surface area contributed by atoms with Gasteiger partial charge in [0.2, 0.25) is 0 Å². The molecule has 0 heterocycles. The molecule has 0 spiro atoms. The summed E-state index contributed by atoms with van der Waals surface area (Å²) in [5.74, 6) is 1.05. The van der Waals surface area contributed by atoms with E-state index in [1.165, 1.54) is 32.1 Å². The quantitative estimate of drug-likeness (QED) is 0.759. The van der Waals surface area contributed by atoms with Gasteiger partial charge in [-0.05, 0) is 25.7 Å². The summed E-state index contributed by atoms with van der Waals surface area (Å²) in [4.78, 5) is 12.3. The number of nitrogens with two attached hydrogens (primary N) is 1. The van der Waals surface area contributed by atoms with Crippen molar-refractivity contribution in [1.29, 1.82) is 0 Å². The van der Waals surface area contributed by atoms with Crippen molar-refractivity contribution >= 4 is 5.78 Å². The van der Waals surface area contributed by atoms with E-state index in [0.29, 0.717) is 11.7 Å². The van der Waals surface area contributed by atoms with Crippen molar-refractivity contribution in [3.63, 3.8) is 0 Å². The molecule has 2 fully saturated rings. The highest BCUT2D eigenvalue weighted by Crippen LogP contribution is 2.32. The number of hydrogen-bond acceptors (Lipinski definition) is 2. The molecule has 0 aromatic heterocycles. The molecule has 2 unspecified atom stereocenters. The third-order valence-corrected chi connectivity index (χ3v) is 4.19. The highest BCUT2D eigenvalue weighted by atomic mass is 16.1. The zero-order chi connectivity index (χ0) is 10.7. The summed E-state index contributed by atoms with van der Waals surface area (Å²) in [6.45, 7) is 0. The molecule has 2 heteroatoms. The first-order valence-electron chi connectivity index (χ1n) is 6.58. The molecule has 86 valence electrons. The molecule has 0 amide bonds.